The number of fused-ring (bicyclic) bond motifs is 1. The van der Waals surface area contributed by atoms with Crippen molar-refractivity contribution in [1.82, 2.24) is 0 Å². The van der Waals surface area contributed by atoms with Crippen LogP contribution < -0.4 is 5.32 Å². The molecule has 0 amide bonds. The molecule has 0 saturated heterocycles. The van der Waals surface area contributed by atoms with Crippen molar-refractivity contribution >= 4 is 50.8 Å². The molecular formula is C24H20BrCl2NO2. The number of aryl methyl sites for hydroxylation is 2. The fourth-order valence-corrected chi connectivity index (χ4v) is 4.99. The largest absolute Gasteiger partial charge is 0.478 e. The molecule has 6 heteroatoms. The second kappa shape index (κ2) is 8.26. The molecule has 154 valence electrons. The van der Waals surface area contributed by atoms with Gasteiger partial charge in [0.1, 0.15) is 0 Å². The van der Waals surface area contributed by atoms with Crippen molar-refractivity contribution in [3.05, 3.63) is 96.4 Å². The van der Waals surface area contributed by atoms with Crippen molar-refractivity contribution in [1.29, 1.82) is 0 Å². The molecule has 1 heterocycles. The Hall–Kier alpha value is -2.01. The van der Waals surface area contributed by atoms with E-state index in [1.807, 2.05) is 18.2 Å². The number of aromatic carboxylic acids is 1. The zero-order chi connectivity index (χ0) is 21.6. The summed E-state index contributed by atoms with van der Waals surface area (Å²) < 4.78 is 0.753. The molecule has 4 rings (SSSR count). The highest BCUT2D eigenvalue weighted by molar-refractivity contribution is 9.10. The number of hydrogen-bond acceptors (Lipinski definition) is 2. The monoisotopic (exact) mass is 503 g/mol. The number of carbonyl (C=O) groups is 1. The van der Waals surface area contributed by atoms with E-state index in [-0.39, 0.29) is 17.5 Å². The predicted octanol–water partition coefficient (Wildman–Crippen LogP) is 7.76. The normalized spacial score (nSPS) is 17.9. The Labute approximate surface area is 194 Å². The van der Waals surface area contributed by atoms with Gasteiger partial charge in [-0.2, -0.15) is 0 Å². The molecule has 30 heavy (non-hydrogen) atoms. The summed E-state index contributed by atoms with van der Waals surface area (Å²) in [5.74, 6) is -0.925. The average molecular weight is 505 g/mol. The standard InChI is InChI=1S/C24H20BrCl2NO2/c1-12-3-4-13(2)16(7-12)17-11-22(14-5-6-20(26)21(27)8-14)28-23-18(17)9-15(25)10-19(23)24(29)30/h3-10,17,22,28H,11H2,1-2H3,(H,29,30)/t17-,22-/m1/s1. The summed E-state index contributed by atoms with van der Waals surface area (Å²) in [6.45, 7) is 4.17. The summed E-state index contributed by atoms with van der Waals surface area (Å²) in [5.41, 5.74) is 6.42. The third-order valence-electron chi connectivity index (χ3n) is 5.69. The maximum absolute atomic E-state index is 12.0. The van der Waals surface area contributed by atoms with Crippen LogP contribution in [0, 0.1) is 13.8 Å². The van der Waals surface area contributed by atoms with Crippen molar-refractivity contribution in [3.63, 3.8) is 0 Å². The van der Waals surface area contributed by atoms with E-state index in [1.54, 1.807) is 12.1 Å². The van der Waals surface area contributed by atoms with Crippen LogP contribution >= 0.6 is 39.1 Å². The van der Waals surface area contributed by atoms with E-state index in [0.717, 1.165) is 22.0 Å². The number of carboxylic acid groups (broad SMARTS) is 1. The minimum atomic E-state index is -0.963. The molecule has 0 saturated carbocycles. The first-order chi connectivity index (χ1) is 14.2. The van der Waals surface area contributed by atoms with Gasteiger partial charge in [-0.15, -0.1) is 0 Å². The predicted molar refractivity (Wildman–Crippen MR) is 126 cm³/mol. The number of anilines is 1. The van der Waals surface area contributed by atoms with E-state index in [4.69, 9.17) is 23.2 Å². The van der Waals surface area contributed by atoms with E-state index >= 15 is 0 Å². The lowest BCUT2D eigenvalue weighted by molar-refractivity contribution is 0.0697. The molecule has 0 aliphatic carbocycles. The minimum Gasteiger partial charge on any atom is -0.478 e. The topological polar surface area (TPSA) is 49.3 Å². The summed E-state index contributed by atoms with van der Waals surface area (Å²) >= 11 is 15.9. The lowest BCUT2D eigenvalue weighted by Crippen LogP contribution is -2.25. The van der Waals surface area contributed by atoms with Gasteiger partial charge in [-0.05, 0) is 66.8 Å². The molecule has 1 aliphatic heterocycles. The Balaban J connectivity index is 1.92. The minimum absolute atomic E-state index is 0.0382. The molecule has 0 spiro atoms. The molecule has 3 aromatic carbocycles. The first kappa shape index (κ1) is 21.2. The van der Waals surface area contributed by atoms with E-state index in [9.17, 15) is 9.90 Å². The molecule has 0 fully saturated rings. The van der Waals surface area contributed by atoms with Crippen molar-refractivity contribution in [2.45, 2.75) is 32.2 Å². The fraction of sp³-hybridized carbons (Fsp3) is 0.208. The summed E-state index contributed by atoms with van der Waals surface area (Å²) in [7, 11) is 0. The number of carboxylic acids is 1. The van der Waals surface area contributed by atoms with Gasteiger partial charge in [0.15, 0.2) is 0 Å². The van der Waals surface area contributed by atoms with Crippen molar-refractivity contribution in [2.75, 3.05) is 5.32 Å². The van der Waals surface area contributed by atoms with Gasteiger partial charge in [-0.3, -0.25) is 0 Å². The van der Waals surface area contributed by atoms with Gasteiger partial charge in [-0.25, -0.2) is 4.79 Å². The SMILES string of the molecule is Cc1ccc(C)c([C@H]2C[C@H](c3ccc(Cl)c(Cl)c3)Nc3c(C(=O)O)cc(Br)cc32)c1. The van der Waals surface area contributed by atoms with Crippen LogP contribution in [0.3, 0.4) is 0 Å². The Morgan fingerprint density at radius 2 is 1.80 bits per heavy atom. The smallest absolute Gasteiger partial charge is 0.337 e. The third-order valence-corrected chi connectivity index (χ3v) is 6.88. The zero-order valence-corrected chi connectivity index (χ0v) is 19.6. The lowest BCUT2D eigenvalue weighted by atomic mass is 9.77. The number of benzene rings is 3. The molecule has 3 aromatic rings. The number of halogens is 3. The Morgan fingerprint density at radius 1 is 1.03 bits per heavy atom. The number of nitrogens with one attached hydrogen (secondary N) is 1. The average Bonchev–Trinajstić information content (AvgIpc) is 2.70. The van der Waals surface area contributed by atoms with Crippen LogP contribution in [-0.4, -0.2) is 11.1 Å². The highest BCUT2D eigenvalue weighted by atomic mass is 79.9. The van der Waals surface area contributed by atoms with Crippen LogP contribution in [0.4, 0.5) is 5.69 Å². The van der Waals surface area contributed by atoms with Crippen LogP contribution in [-0.2, 0) is 0 Å². The highest BCUT2D eigenvalue weighted by Gasteiger charge is 2.33. The molecule has 2 N–H and O–H groups in total. The second-order valence-corrected chi connectivity index (χ2v) is 9.47. The van der Waals surface area contributed by atoms with Crippen LogP contribution in [0.15, 0.2) is 53.0 Å². The molecule has 0 aromatic heterocycles. The van der Waals surface area contributed by atoms with Crippen LogP contribution in [0.2, 0.25) is 10.0 Å². The van der Waals surface area contributed by atoms with Gasteiger partial charge >= 0.3 is 5.97 Å². The van der Waals surface area contributed by atoms with Gasteiger partial charge in [0, 0.05) is 10.4 Å². The molecule has 0 unspecified atom stereocenters. The van der Waals surface area contributed by atoms with Crippen LogP contribution in [0.5, 0.6) is 0 Å². The van der Waals surface area contributed by atoms with Gasteiger partial charge in [0.05, 0.1) is 27.3 Å². The van der Waals surface area contributed by atoms with Crippen molar-refractivity contribution < 1.29 is 9.90 Å². The lowest BCUT2D eigenvalue weighted by Gasteiger charge is -2.36. The molecule has 3 nitrogen and oxygen atoms in total. The molecule has 0 bridgehead atoms. The highest BCUT2D eigenvalue weighted by Crippen LogP contribution is 2.47. The van der Waals surface area contributed by atoms with Crippen LogP contribution in [0.25, 0.3) is 0 Å². The first-order valence-corrected chi connectivity index (χ1v) is 11.1. The van der Waals surface area contributed by atoms with E-state index in [2.05, 4.69) is 53.3 Å². The quantitative estimate of drug-likeness (QED) is 0.383. The van der Waals surface area contributed by atoms with Gasteiger partial charge < -0.3 is 10.4 Å². The summed E-state index contributed by atoms with van der Waals surface area (Å²) in [6, 6.07) is 15.6. The Kier molecular flexibility index (Phi) is 5.84. The van der Waals surface area contributed by atoms with Crippen molar-refractivity contribution in [3.8, 4) is 0 Å². The van der Waals surface area contributed by atoms with Crippen molar-refractivity contribution in [2.24, 2.45) is 0 Å². The first-order valence-electron chi connectivity index (χ1n) is 9.60. The second-order valence-electron chi connectivity index (χ2n) is 7.74. The van der Waals surface area contributed by atoms with Gasteiger partial charge in [-0.1, -0.05) is 69.0 Å². The van der Waals surface area contributed by atoms with Gasteiger partial charge in [0.25, 0.3) is 0 Å². The fourth-order valence-electron chi connectivity index (χ4n) is 4.21. The zero-order valence-electron chi connectivity index (χ0n) is 16.5. The maximum atomic E-state index is 12.0. The molecule has 0 radical (unpaired) electrons. The van der Waals surface area contributed by atoms with E-state index < -0.39 is 5.97 Å². The van der Waals surface area contributed by atoms with Crippen LogP contribution in [0.1, 0.15) is 56.6 Å². The number of hydrogen-bond donors (Lipinski definition) is 2. The molecular weight excluding hydrogens is 485 g/mol. The Bertz CT molecular complexity index is 1160. The van der Waals surface area contributed by atoms with E-state index in [0.29, 0.717) is 15.7 Å². The summed E-state index contributed by atoms with van der Waals surface area (Å²) in [6.07, 6.45) is 0.769. The third kappa shape index (κ3) is 3.96. The summed E-state index contributed by atoms with van der Waals surface area (Å²) in [5, 5.41) is 14.3. The van der Waals surface area contributed by atoms with E-state index in [1.165, 1.54) is 16.7 Å². The Morgan fingerprint density at radius 3 is 2.50 bits per heavy atom. The molecule has 1 aliphatic rings. The molecule has 2 atom stereocenters. The maximum Gasteiger partial charge on any atom is 0.337 e. The van der Waals surface area contributed by atoms with Gasteiger partial charge in [0.2, 0.25) is 0 Å². The number of rotatable bonds is 3. The summed E-state index contributed by atoms with van der Waals surface area (Å²) in [4.78, 5) is 12.0.